The number of fused-ring (bicyclic) bond motifs is 5. The van der Waals surface area contributed by atoms with E-state index < -0.39 is 73.3 Å². The van der Waals surface area contributed by atoms with Crippen molar-refractivity contribution in [3.8, 4) is 11.5 Å². The number of morpholine rings is 1. The van der Waals surface area contributed by atoms with Crippen LogP contribution < -0.4 is 24.8 Å². The largest absolute Gasteiger partial charge is 0.492 e. The smallest absolute Gasteiger partial charge is 0.408 e. The molecule has 65 heavy (non-hydrogen) atoms. The summed E-state index contributed by atoms with van der Waals surface area (Å²) in [5.74, 6) is -1.20. The maximum Gasteiger partial charge on any atom is 0.408 e. The zero-order chi connectivity index (χ0) is 45.6. The van der Waals surface area contributed by atoms with E-state index in [2.05, 4.69) is 20.3 Å². The summed E-state index contributed by atoms with van der Waals surface area (Å²) in [6, 6.07) is 3.80. The molecule has 3 aliphatic carbocycles. The molecule has 4 amide bonds. The molecule has 0 radical (unpaired) electrons. The number of alkyl carbamates (subject to hydrolysis) is 1. The van der Waals surface area contributed by atoms with E-state index in [1.54, 1.807) is 13.0 Å². The van der Waals surface area contributed by atoms with E-state index in [0.29, 0.717) is 63.7 Å². The summed E-state index contributed by atoms with van der Waals surface area (Å²) in [7, 11) is -4.05. The average Bonchev–Trinajstić information content (AvgIpc) is 3.94. The fraction of sp³-hybridized carbons (Fsp3) is 0.646. The van der Waals surface area contributed by atoms with Crippen LogP contribution in [0.2, 0.25) is 0 Å². The van der Waals surface area contributed by atoms with E-state index in [4.69, 9.17) is 23.9 Å². The number of aromatic nitrogens is 1. The van der Waals surface area contributed by atoms with Gasteiger partial charge in [0.25, 0.3) is 5.91 Å². The summed E-state index contributed by atoms with van der Waals surface area (Å²) < 4.78 is 52.8. The predicted molar refractivity (Wildman–Crippen MR) is 242 cm³/mol. The normalized spacial score (nSPS) is 30.1. The van der Waals surface area contributed by atoms with Crippen LogP contribution in [0.25, 0.3) is 10.9 Å². The van der Waals surface area contributed by atoms with Crippen LogP contribution in [0.15, 0.2) is 42.5 Å². The number of allylic oxidation sites excluding steroid dienone is 1. The molecule has 0 bridgehead atoms. The number of carbonyl (C=O) groups is 4. The van der Waals surface area contributed by atoms with Gasteiger partial charge in [-0.15, -0.1) is 0 Å². The van der Waals surface area contributed by atoms with Gasteiger partial charge in [0.2, 0.25) is 21.8 Å². The Labute approximate surface area is 381 Å². The second kappa shape index (κ2) is 17.8. The van der Waals surface area contributed by atoms with E-state index in [1.807, 2.05) is 44.2 Å². The number of carbonyl (C=O) groups excluding carboxylic acids is 4. The minimum absolute atomic E-state index is 0.0330. The maximum atomic E-state index is 15.1. The zero-order valence-corrected chi connectivity index (χ0v) is 38.8. The third-order valence-corrected chi connectivity index (χ3v) is 17.2. The van der Waals surface area contributed by atoms with Gasteiger partial charge < -0.3 is 34.5 Å². The molecule has 3 N–H and O–H groups in total. The second-order valence-corrected chi connectivity index (χ2v) is 22.0. The lowest BCUT2D eigenvalue weighted by molar-refractivity contribution is -0.142. The van der Waals surface area contributed by atoms with Crippen molar-refractivity contribution >= 4 is 44.7 Å². The first-order valence-electron chi connectivity index (χ1n) is 23.8. The van der Waals surface area contributed by atoms with Gasteiger partial charge >= 0.3 is 6.09 Å². The topological polar surface area (TPSA) is 195 Å². The number of amides is 4. The second-order valence-electron chi connectivity index (χ2n) is 19.8. The van der Waals surface area contributed by atoms with E-state index in [0.717, 1.165) is 92.9 Å². The molecule has 9 rings (SSSR count). The van der Waals surface area contributed by atoms with Crippen molar-refractivity contribution in [1.29, 1.82) is 0 Å². The molecule has 2 aromatic rings. The monoisotopic (exact) mass is 916 g/mol. The SMILES string of the molecule is CCc1nc2ccc(OCCN3CCOCC3)cc2c2c1O[C@]1(CC2)C[C@H]2C(=O)N[C@]3(C(=O)NS(=O)(=O)C4(C)CC4)C=C[C@H]3/C=C\CCCCC[C@H](NC(=O)OC3(C)CCC3)C(=O)N2C1. The zero-order valence-electron chi connectivity index (χ0n) is 38.0. The minimum Gasteiger partial charge on any atom is -0.492 e. The molecule has 2 saturated carbocycles. The van der Waals surface area contributed by atoms with Crippen LogP contribution in [0.4, 0.5) is 4.79 Å². The summed E-state index contributed by atoms with van der Waals surface area (Å²) in [6.07, 6.45) is 14.6. The molecule has 1 aromatic carbocycles. The van der Waals surface area contributed by atoms with Gasteiger partial charge in [0.05, 0.1) is 35.7 Å². The molecule has 5 atom stereocenters. The van der Waals surface area contributed by atoms with Gasteiger partial charge in [0.1, 0.15) is 46.9 Å². The number of rotatable bonds is 10. The van der Waals surface area contributed by atoms with Crippen molar-refractivity contribution in [2.24, 2.45) is 5.92 Å². The number of aryl methyl sites for hydroxylation is 2. The highest BCUT2D eigenvalue weighted by Crippen LogP contribution is 2.47. The average molecular weight is 917 g/mol. The number of sulfonamides is 1. The third kappa shape index (κ3) is 9.08. The molecule has 1 spiro atoms. The van der Waals surface area contributed by atoms with Crippen molar-refractivity contribution in [2.75, 3.05) is 46.0 Å². The van der Waals surface area contributed by atoms with E-state index >= 15 is 9.59 Å². The van der Waals surface area contributed by atoms with Gasteiger partial charge in [-0.05, 0) is 103 Å². The fourth-order valence-electron chi connectivity index (χ4n) is 10.2. The number of benzene rings is 1. The molecule has 0 unspecified atom stereocenters. The van der Waals surface area contributed by atoms with Gasteiger partial charge in [0, 0.05) is 42.9 Å². The number of nitrogens with zero attached hydrogens (tertiary/aromatic N) is 3. The Kier molecular flexibility index (Phi) is 12.4. The number of hydrogen-bond donors (Lipinski definition) is 3. The Bertz CT molecular complexity index is 2380. The fourth-order valence-corrected chi connectivity index (χ4v) is 11.5. The van der Waals surface area contributed by atoms with Crippen molar-refractivity contribution in [1.82, 2.24) is 30.1 Å². The molecule has 16 nitrogen and oxygen atoms in total. The lowest BCUT2D eigenvalue weighted by atomic mass is 9.73. The first kappa shape index (κ1) is 45.4. The van der Waals surface area contributed by atoms with Crippen molar-refractivity contribution in [3.63, 3.8) is 0 Å². The van der Waals surface area contributed by atoms with E-state index in [9.17, 15) is 18.0 Å². The molecule has 7 aliphatic rings. The Morgan fingerprint density at radius 3 is 2.52 bits per heavy atom. The lowest BCUT2D eigenvalue weighted by Crippen LogP contribution is -2.67. The van der Waals surface area contributed by atoms with Crippen LogP contribution >= 0.6 is 0 Å². The Morgan fingerprint density at radius 2 is 1.82 bits per heavy atom. The highest BCUT2D eigenvalue weighted by atomic mass is 32.2. The van der Waals surface area contributed by atoms with Crippen molar-refractivity contribution in [3.05, 3.63) is 53.8 Å². The standard InChI is InChI=1S/C48H64N6O10S/c1-4-36-40-34(35-29-33(13-14-37(35)49-36)62-28-25-53-23-26-61-27-24-53)16-19-47(63-40)30-39-41(55)51-48(43(57)52-65(59,60)46(3)21-22-46)20-15-32(48)11-8-6-5-7-9-12-38(42(56)54(39)31-47)50-44(58)64-45(2)17-10-18-45/h8,11,13-15,20,29,32,38-39H,4-7,9-10,12,16-19,21-28,30-31H2,1-3H3,(H,50,58)(H,51,55)(H,52,57)/b11-8-/t32-,38+,39+,47-,48-/m1/s1. The van der Waals surface area contributed by atoms with Gasteiger partial charge in [0.15, 0.2) is 0 Å². The van der Waals surface area contributed by atoms with Crippen molar-refractivity contribution < 1.29 is 46.5 Å². The first-order chi connectivity index (χ1) is 31.1. The number of ether oxygens (including phenoxy) is 4. The lowest BCUT2D eigenvalue weighted by Gasteiger charge is -2.42. The highest BCUT2D eigenvalue weighted by Gasteiger charge is 2.58. The number of nitrogens with one attached hydrogen (secondary N) is 3. The number of hydrogen-bond acceptors (Lipinski definition) is 12. The predicted octanol–water partition coefficient (Wildman–Crippen LogP) is 4.77. The van der Waals surface area contributed by atoms with Gasteiger partial charge in [-0.1, -0.05) is 44.1 Å². The molecule has 2 saturated heterocycles. The minimum atomic E-state index is -4.05. The molecule has 5 heterocycles. The molecule has 4 fully saturated rings. The molecule has 17 heteroatoms. The van der Waals surface area contributed by atoms with Crippen LogP contribution in [0.3, 0.4) is 0 Å². The van der Waals surface area contributed by atoms with E-state index in [1.165, 1.54) is 11.0 Å². The van der Waals surface area contributed by atoms with Crippen LogP contribution in [-0.2, 0) is 46.7 Å². The Morgan fingerprint density at radius 1 is 1.02 bits per heavy atom. The molecule has 1 aromatic heterocycles. The summed E-state index contributed by atoms with van der Waals surface area (Å²) >= 11 is 0. The summed E-state index contributed by atoms with van der Waals surface area (Å²) in [5, 5.41) is 6.77. The quantitative estimate of drug-likeness (QED) is 0.277. The van der Waals surface area contributed by atoms with Crippen molar-refractivity contribution in [2.45, 2.75) is 144 Å². The van der Waals surface area contributed by atoms with Gasteiger partial charge in [-0.2, -0.15) is 0 Å². The highest BCUT2D eigenvalue weighted by molar-refractivity contribution is 7.91. The maximum absolute atomic E-state index is 15.1. The summed E-state index contributed by atoms with van der Waals surface area (Å²) in [6.45, 7) is 10.0. The van der Waals surface area contributed by atoms with E-state index in [-0.39, 0.29) is 13.0 Å². The molecule has 352 valence electrons. The first-order valence-corrected chi connectivity index (χ1v) is 25.3. The van der Waals surface area contributed by atoms with Crippen LogP contribution in [0.5, 0.6) is 11.5 Å². The van der Waals surface area contributed by atoms with Gasteiger partial charge in [-0.25, -0.2) is 18.2 Å². The van der Waals surface area contributed by atoms with Gasteiger partial charge in [-0.3, -0.25) is 24.0 Å². The summed E-state index contributed by atoms with van der Waals surface area (Å²) in [5.41, 5.74) is -0.783. The molecular formula is C48H64N6O10S. The molecule has 4 aliphatic heterocycles. The molecular weight excluding hydrogens is 853 g/mol. The van der Waals surface area contributed by atoms with Crippen LogP contribution in [-0.4, -0.2) is 127 Å². The van der Waals surface area contributed by atoms with Crippen LogP contribution in [0.1, 0.15) is 109 Å². The summed E-state index contributed by atoms with van der Waals surface area (Å²) in [4.78, 5) is 66.7. The van der Waals surface area contributed by atoms with Crippen LogP contribution in [0, 0.1) is 5.92 Å². The Balaban J connectivity index is 1.03. The number of pyridine rings is 1. The third-order valence-electron chi connectivity index (χ3n) is 15.0. The Hall–Kier alpha value is -4.74.